The van der Waals surface area contributed by atoms with Crippen LogP contribution in [0, 0.1) is 0 Å². The minimum absolute atomic E-state index is 0.0760. The van der Waals surface area contributed by atoms with Crippen molar-refractivity contribution < 1.29 is 14.3 Å². The summed E-state index contributed by atoms with van der Waals surface area (Å²) in [5.41, 5.74) is 5.55. The van der Waals surface area contributed by atoms with E-state index in [4.69, 9.17) is 10.5 Å². The van der Waals surface area contributed by atoms with Gasteiger partial charge in [-0.3, -0.25) is 9.59 Å². The van der Waals surface area contributed by atoms with Crippen molar-refractivity contribution in [3.8, 4) is 5.75 Å². The van der Waals surface area contributed by atoms with Gasteiger partial charge in [-0.25, -0.2) is 0 Å². The average Bonchev–Trinajstić information content (AvgIpc) is 2.74. The molecule has 20 heavy (non-hydrogen) atoms. The number of hydrogen-bond acceptors (Lipinski definition) is 4. The van der Waals surface area contributed by atoms with Gasteiger partial charge in [-0.2, -0.15) is 0 Å². The quantitative estimate of drug-likeness (QED) is 0.810. The topological polar surface area (TPSA) is 84.7 Å². The minimum Gasteiger partial charge on any atom is -0.483 e. The predicted molar refractivity (Wildman–Crippen MR) is 74.5 cm³/mol. The van der Waals surface area contributed by atoms with Crippen molar-refractivity contribution in [3.05, 3.63) is 29.8 Å². The number of nitrogens with one attached hydrogen (secondary N) is 1. The van der Waals surface area contributed by atoms with Crippen molar-refractivity contribution in [2.45, 2.75) is 6.42 Å². The number of carbonyl (C=O) groups is 2. The van der Waals surface area contributed by atoms with Crippen molar-refractivity contribution in [2.24, 2.45) is 5.73 Å². The van der Waals surface area contributed by atoms with Gasteiger partial charge in [-0.1, -0.05) is 12.1 Å². The maximum Gasteiger partial charge on any atom is 0.260 e. The number of hydrogen-bond donors (Lipinski definition) is 2. The Bertz CT molecular complexity index is 482. The third-order valence-corrected chi connectivity index (χ3v) is 3.20. The molecule has 0 aromatic heterocycles. The summed E-state index contributed by atoms with van der Waals surface area (Å²) in [5, 5.41) is 3.23. The van der Waals surface area contributed by atoms with E-state index in [1.807, 2.05) is 0 Å². The highest BCUT2D eigenvalue weighted by Gasteiger charge is 2.17. The van der Waals surface area contributed by atoms with E-state index in [0.29, 0.717) is 12.3 Å². The van der Waals surface area contributed by atoms with Crippen LogP contribution in [0.15, 0.2) is 24.3 Å². The summed E-state index contributed by atoms with van der Waals surface area (Å²) in [6.07, 6.45) is 0.934. The van der Waals surface area contributed by atoms with Gasteiger partial charge in [-0.15, -0.1) is 0 Å². The molecule has 0 radical (unpaired) electrons. The molecule has 1 saturated heterocycles. The van der Waals surface area contributed by atoms with Crippen LogP contribution in [-0.2, 0) is 4.79 Å². The van der Waals surface area contributed by atoms with Gasteiger partial charge in [-0.05, 0) is 25.1 Å². The standard InChI is InChI=1S/C14H19N3O3/c15-14(19)11-4-1-2-5-12(11)20-10-13(18)17-8-3-6-16-7-9-17/h1-2,4-5,16H,3,6-10H2,(H2,15,19). The summed E-state index contributed by atoms with van der Waals surface area (Å²) >= 11 is 0. The van der Waals surface area contributed by atoms with Crippen molar-refractivity contribution in [3.63, 3.8) is 0 Å². The predicted octanol–water partition coefficient (Wildman–Crippen LogP) is -0.0138. The summed E-state index contributed by atoms with van der Waals surface area (Å²) in [7, 11) is 0. The minimum atomic E-state index is -0.563. The fraction of sp³-hybridized carbons (Fsp3) is 0.429. The lowest BCUT2D eigenvalue weighted by Crippen LogP contribution is -2.37. The molecule has 6 nitrogen and oxygen atoms in total. The van der Waals surface area contributed by atoms with Crippen molar-refractivity contribution in [2.75, 3.05) is 32.8 Å². The SMILES string of the molecule is NC(=O)c1ccccc1OCC(=O)N1CCCNCC1. The Kier molecular flexibility index (Phi) is 4.95. The van der Waals surface area contributed by atoms with Crippen LogP contribution in [0.1, 0.15) is 16.8 Å². The molecule has 0 bridgehead atoms. The Morgan fingerprint density at radius 2 is 2.05 bits per heavy atom. The average molecular weight is 277 g/mol. The van der Waals surface area contributed by atoms with Gasteiger partial charge in [0.05, 0.1) is 5.56 Å². The van der Waals surface area contributed by atoms with E-state index >= 15 is 0 Å². The molecule has 0 atom stereocenters. The van der Waals surface area contributed by atoms with Gasteiger partial charge >= 0.3 is 0 Å². The van der Waals surface area contributed by atoms with Crippen LogP contribution in [0.5, 0.6) is 5.75 Å². The largest absolute Gasteiger partial charge is 0.483 e. The lowest BCUT2D eigenvalue weighted by Gasteiger charge is -2.20. The molecular formula is C14H19N3O3. The van der Waals surface area contributed by atoms with Crippen LogP contribution in [0.4, 0.5) is 0 Å². The zero-order chi connectivity index (χ0) is 14.4. The van der Waals surface area contributed by atoms with Crippen LogP contribution in [0.3, 0.4) is 0 Å². The Morgan fingerprint density at radius 1 is 1.25 bits per heavy atom. The third-order valence-electron chi connectivity index (χ3n) is 3.20. The molecule has 6 heteroatoms. The zero-order valence-electron chi connectivity index (χ0n) is 11.3. The molecular weight excluding hydrogens is 258 g/mol. The van der Waals surface area contributed by atoms with E-state index in [1.165, 1.54) is 0 Å². The van der Waals surface area contributed by atoms with Crippen LogP contribution >= 0.6 is 0 Å². The summed E-state index contributed by atoms with van der Waals surface area (Å²) in [5.74, 6) is -0.290. The molecule has 1 aromatic carbocycles. The number of nitrogens with two attached hydrogens (primary N) is 1. The van der Waals surface area contributed by atoms with Crippen molar-refractivity contribution in [1.82, 2.24) is 10.2 Å². The molecule has 0 saturated carbocycles. The normalized spacial score (nSPS) is 15.5. The van der Waals surface area contributed by atoms with Gasteiger partial charge in [0.15, 0.2) is 6.61 Å². The number of primary amides is 1. The maximum atomic E-state index is 12.1. The molecule has 1 aromatic rings. The maximum absolute atomic E-state index is 12.1. The first-order valence-corrected chi connectivity index (χ1v) is 6.68. The van der Waals surface area contributed by atoms with E-state index < -0.39 is 5.91 Å². The molecule has 3 N–H and O–H groups in total. The van der Waals surface area contributed by atoms with E-state index in [2.05, 4.69) is 5.32 Å². The van der Waals surface area contributed by atoms with Crippen LogP contribution < -0.4 is 15.8 Å². The number of ether oxygens (including phenoxy) is 1. The number of para-hydroxylation sites is 1. The Hall–Kier alpha value is -2.08. The van der Waals surface area contributed by atoms with Crippen LogP contribution in [0.25, 0.3) is 0 Å². The summed E-state index contributed by atoms with van der Waals surface area (Å²) in [4.78, 5) is 25.1. The summed E-state index contributed by atoms with van der Waals surface area (Å²) < 4.78 is 5.44. The second-order valence-electron chi connectivity index (χ2n) is 4.63. The van der Waals surface area contributed by atoms with Crippen molar-refractivity contribution >= 4 is 11.8 Å². The van der Waals surface area contributed by atoms with E-state index in [-0.39, 0.29) is 18.1 Å². The monoisotopic (exact) mass is 277 g/mol. The number of rotatable bonds is 4. The molecule has 108 valence electrons. The van der Waals surface area contributed by atoms with Gasteiger partial charge in [0.1, 0.15) is 5.75 Å². The van der Waals surface area contributed by atoms with E-state index in [1.54, 1.807) is 29.2 Å². The third kappa shape index (κ3) is 3.71. The molecule has 1 aliphatic heterocycles. The van der Waals surface area contributed by atoms with Crippen molar-refractivity contribution in [1.29, 1.82) is 0 Å². The molecule has 0 aliphatic carbocycles. The summed E-state index contributed by atoms with van der Waals surface area (Å²) in [6.45, 7) is 3.05. The van der Waals surface area contributed by atoms with E-state index in [9.17, 15) is 9.59 Å². The van der Waals surface area contributed by atoms with Crippen LogP contribution in [0.2, 0.25) is 0 Å². The molecule has 1 fully saturated rings. The molecule has 1 heterocycles. The first-order chi connectivity index (χ1) is 9.68. The Labute approximate surface area is 117 Å². The lowest BCUT2D eigenvalue weighted by atomic mass is 10.2. The Morgan fingerprint density at radius 3 is 2.85 bits per heavy atom. The van der Waals surface area contributed by atoms with Gasteiger partial charge < -0.3 is 20.7 Å². The fourth-order valence-corrected chi connectivity index (χ4v) is 2.12. The lowest BCUT2D eigenvalue weighted by molar-refractivity contribution is -0.133. The molecule has 2 rings (SSSR count). The smallest absolute Gasteiger partial charge is 0.260 e. The fourth-order valence-electron chi connectivity index (χ4n) is 2.12. The zero-order valence-corrected chi connectivity index (χ0v) is 11.3. The highest BCUT2D eigenvalue weighted by atomic mass is 16.5. The Balaban J connectivity index is 1.94. The first-order valence-electron chi connectivity index (χ1n) is 6.68. The number of carbonyl (C=O) groups excluding carboxylic acids is 2. The molecule has 1 aliphatic rings. The number of nitrogens with zero attached hydrogens (tertiary/aromatic N) is 1. The molecule has 2 amide bonds. The molecule has 0 unspecified atom stereocenters. The summed E-state index contributed by atoms with van der Waals surface area (Å²) in [6, 6.07) is 6.66. The second-order valence-corrected chi connectivity index (χ2v) is 4.63. The number of benzene rings is 1. The van der Waals surface area contributed by atoms with Crippen LogP contribution in [-0.4, -0.2) is 49.5 Å². The van der Waals surface area contributed by atoms with Gasteiger partial charge in [0.2, 0.25) is 0 Å². The first kappa shape index (κ1) is 14.3. The van der Waals surface area contributed by atoms with E-state index in [0.717, 1.165) is 26.1 Å². The highest BCUT2D eigenvalue weighted by molar-refractivity contribution is 5.95. The molecule has 0 spiro atoms. The van der Waals surface area contributed by atoms with Gasteiger partial charge in [0, 0.05) is 19.6 Å². The second kappa shape index (κ2) is 6.91. The number of amides is 2. The highest BCUT2D eigenvalue weighted by Crippen LogP contribution is 2.17. The van der Waals surface area contributed by atoms with Gasteiger partial charge in [0.25, 0.3) is 11.8 Å².